The lowest BCUT2D eigenvalue weighted by atomic mass is 10.1. The molecular weight excluding hydrogens is 416 g/mol. The summed E-state index contributed by atoms with van der Waals surface area (Å²) in [5, 5.41) is 29.6. The summed E-state index contributed by atoms with van der Waals surface area (Å²) in [6, 6.07) is 12.8. The fourth-order valence-electron chi connectivity index (χ4n) is 2.34. The second kappa shape index (κ2) is 11.7. The first-order chi connectivity index (χ1) is 14.4. The van der Waals surface area contributed by atoms with Crippen molar-refractivity contribution >= 4 is 19.7 Å². The summed E-state index contributed by atoms with van der Waals surface area (Å²) >= 11 is 0. The highest BCUT2D eigenvalue weighted by Gasteiger charge is 2.36. The van der Waals surface area contributed by atoms with Crippen molar-refractivity contribution < 1.29 is 19.4 Å². The van der Waals surface area contributed by atoms with Crippen LogP contribution in [-0.2, 0) is 17.3 Å². The number of nitrogens with zero attached hydrogens (tertiary/aromatic N) is 2. The summed E-state index contributed by atoms with van der Waals surface area (Å²) in [5.74, 6) is 0. The summed E-state index contributed by atoms with van der Waals surface area (Å²) in [6.07, 6.45) is 1.34. The molecule has 0 spiro atoms. The Balaban J connectivity index is 0.000000343. The Kier molecular flexibility index (Phi) is 9.95. The van der Waals surface area contributed by atoms with Crippen LogP contribution in [0.5, 0.6) is 0 Å². The molecule has 0 atom stereocenters. The molecule has 0 aliphatic rings. The first-order valence-electron chi connectivity index (χ1n) is 10.1. The maximum atomic E-state index is 10.6. The third kappa shape index (κ3) is 8.95. The minimum atomic E-state index is -1.70. The third-order valence-corrected chi connectivity index (χ3v) is 9.89. The largest absolute Gasteiger partial charge is 0.416 e. The lowest BCUT2D eigenvalue weighted by Crippen LogP contribution is -2.41. The molecular formula is C22H32N2O6Si. The molecule has 0 fully saturated rings. The number of nitro groups is 2. The molecule has 0 bridgehead atoms. The average molecular weight is 449 g/mol. The van der Waals surface area contributed by atoms with Crippen LogP contribution in [0.15, 0.2) is 48.5 Å². The summed E-state index contributed by atoms with van der Waals surface area (Å²) in [5.41, 5.74) is 2.19. The van der Waals surface area contributed by atoms with Gasteiger partial charge in [0.1, 0.15) is 0 Å². The van der Waals surface area contributed by atoms with Crippen LogP contribution in [0, 0.1) is 20.2 Å². The Hall–Kier alpha value is -2.62. The van der Waals surface area contributed by atoms with Gasteiger partial charge >= 0.3 is 0 Å². The molecule has 170 valence electrons. The van der Waals surface area contributed by atoms with Crippen molar-refractivity contribution in [1.29, 1.82) is 0 Å². The van der Waals surface area contributed by atoms with Gasteiger partial charge in [0.25, 0.3) is 11.4 Å². The van der Waals surface area contributed by atoms with Crippen molar-refractivity contribution in [2.45, 2.75) is 51.7 Å². The lowest BCUT2D eigenvalue weighted by molar-refractivity contribution is -0.385. The van der Waals surface area contributed by atoms with E-state index in [0.29, 0.717) is 13.0 Å². The van der Waals surface area contributed by atoms with Gasteiger partial charge in [0, 0.05) is 37.5 Å². The van der Waals surface area contributed by atoms with E-state index in [1.807, 2.05) is 0 Å². The molecule has 0 heterocycles. The fourth-order valence-corrected chi connectivity index (χ4v) is 3.38. The van der Waals surface area contributed by atoms with E-state index in [1.165, 1.54) is 12.1 Å². The van der Waals surface area contributed by atoms with E-state index in [9.17, 15) is 20.2 Å². The summed E-state index contributed by atoms with van der Waals surface area (Å²) in [4.78, 5) is 20.0. The van der Waals surface area contributed by atoms with E-state index < -0.39 is 13.2 Å². The number of aliphatic hydroxyl groups is 1. The smallest absolute Gasteiger partial charge is 0.269 e. The minimum Gasteiger partial charge on any atom is -0.416 e. The van der Waals surface area contributed by atoms with E-state index in [1.54, 1.807) is 36.4 Å². The Morgan fingerprint density at radius 2 is 1.23 bits per heavy atom. The van der Waals surface area contributed by atoms with Crippen LogP contribution >= 0.6 is 0 Å². The summed E-state index contributed by atoms with van der Waals surface area (Å²) in [6.45, 7) is 11.8. The summed E-state index contributed by atoms with van der Waals surface area (Å²) in [7, 11) is -1.70. The third-order valence-electron chi connectivity index (χ3n) is 5.35. The van der Waals surface area contributed by atoms with Gasteiger partial charge in [-0.3, -0.25) is 20.2 Å². The molecule has 0 aliphatic heterocycles. The van der Waals surface area contributed by atoms with Crippen LogP contribution in [-0.4, -0.2) is 36.5 Å². The van der Waals surface area contributed by atoms with Crippen LogP contribution in [0.1, 0.15) is 31.9 Å². The van der Waals surface area contributed by atoms with Gasteiger partial charge in [-0.15, -0.1) is 0 Å². The highest BCUT2D eigenvalue weighted by Crippen LogP contribution is 2.36. The number of hydrogen-bond acceptors (Lipinski definition) is 6. The van der Waals surface area contributed by atoms with E-state index in [0.717, 1.165) is 17.5 Å². The van der Waals surface area contributed by atoms with Gasteiger partial charge in [-0.05, 0) is 42.1 Å². The first kappa shape index (κ1) is 26.4. The van der Waals surface area contributed by atoms with Crippen LogP contribution in [0.25, 0.3) is 0 Å². The first-order valence-corrected chi connectivity index (χ1v) is 13.0. The van der Waals surface area contributed by atoms with Gasteiger partial charge < -0.3 is 9.53 Å². The van der Waals surface area contributed by atoms with Crippen molar-refractivity contribution in [2.75, 3.05) is 13.2 Å². The van der Waals surface area contributed by atoms with Gasteiger partial charge in [-0.1, -0.05) is 45.0 Å². The zero-order valence-electron chi connectivity index (χ0n) is 18.8. The van der Waals surface area contributed by atoms with E-state index in [2.05, 4.69) is 33.9 Å². The highest BCUT2D eigenvalue weighted by atomic mass is 28.4. The molecule has 2 aromatic rings. The van der Waals surface area contributed by atoms with Gasteiger partial charge in [-0.25, -0.2) is 0 Å². The van der Waals surface area contributed by atoms with E-state index in [-0.39, 0.29) is 27.9 Å². The van der Waals surface area contributed by atoms with Crippen LogP contribution in [0.4, 0.5) is 11.4 Å². The minimum absolute atomic E-state index is 0.0673. The zero-order valence-corrected chi connectivity index (χ0v) is 19.8. The number of hydrogen-bond donors (Lipinski definition) is 1. The molecule has 0 saturated carbocycles. The Morgan fingerprint density at radius 1 is 0.839 bits per heavy atom. The van der Waals surface area contributed by atoms with Gasteiger partial charge in [-0.2, -0.15) is 0 Å². The highest BCUT2D eigenvalue weighted by molar-refractivity contribution is 6.74. The van der Waals surface area contributed by atoms with Crippen molar-refractivity contribution in [3.63, 3.8) is 0 Å². The van der Waals surface area contributed by atoms with Crippen LogP contribution in [0.2, 0.25) is 18.1 Å². The maximum absolute atomic E-state index is 10.6. The summed E-state index contributed by atoms with van der Waals surface area (Å²) < 4.78 is 6.08. The quantitative estimate of drug-likeness (QED) is 0.333. The molecule has 0 aliphatic carbocycles. The number of non-ortho nitro benzene ring substituents is 2. The number of aliphatic hydroxyl groups excluding tert-OH is 1. The number of rotatable bonds is 8. The van der Waals surface area contributed by atoms with Crippen molar-refractivity contribution in [1.82, 2.24) is 0 Å². The molecule has 0 unspecified atom stereocenters. The molecule has 0 saturated heterocycles. The van der Waals surface area contributed by atoms with Crippen molar-refractivity contribution in [3.8, 4) is 0 Å². The SMILES string of the molecule is CC(C)(C)[Si](C)(C)OCCc1ccc([N+](=O)[O-])cc1.O=[N+]([O-])c1ccc(CCO)cc1. The second-order valence-corrected chi connectivity index (χ2v) is 13.5. The zero-order chi connectivity index (χ0) is 23.7. The normalized spacial score (nSPS) is 11.4. The van der Waals surface area contributed by atoms with Crippen LogP contribution in [0.3, 0.4) is 0 Å². The topological polar surface area (TPSA) is 116 Å². The molecule has 0 radical (unpaired) electrons. The van der Waals surface area contributed by atoms with E-state index in [4.69, 9.17) is 9.53 Å². The predicted octanol–water partition coefficient (Wildman–Crippen LogP) is 5.29. The number of benzene rings is 2. The van der Waals surface area contributed by atoms with E-state index >= 15 is 0 Å². The molecule has 2 aromatic carbocycles. The molecule has 31 heavy (non-hydrogen) atoms. The second-order valence-electron chi connectivity index (χ2n) is 8.68. The molecule has 0 amide bonds. The monoisotopic (exact) mass is 448 g/mol. The van der Waals surface area contributed by atoms with Crippen molar-refractivity contribution in [2.24, 2.45) is 0 Å². The fraction of sp³-hybridized carbons (Fsp3) is 0.455. The van der Waals surface area contributed by atoms with Gasteiger partial charge in [0.05, 0.1) is 9.85 Å². The van der Waals surface area contributed by atoms with Gasteiger partial charge in [0.15, 0.2) is 8.32 Å². The number of nitro benzene ring substituents is 2. The molecule has 1 N–H and O–H groups in total. The molecule has 8 nitrogen and oxygen atoms in total. The molecule has 2 rings (SSSR count). The van der Waals surface area contributed by atoms with Gasteiger partial charge in [0.2, 0.25) is 0 Å². The Morgan fingerprint density at radius 3 is 1.55 bits per heavy atom. The Labute approximate surface area is 184 Å². The average Bonchev–Trinajstić information content (AvgIpc) is 2.68. The Bertz CT molecular complexity index is 846. The molecule has 0 aromatic heterocycles. The predicted molar refractivity (Wildman–Crippen MR) is 124 cm³/mol. The van der Waals surface area contributed by atoms with Crippen molar-refractivity contribution in [3.05, 3.63) is 79.9 Å². The molecule has 9 heteroatoms. The standard InChI is InChI=1S/C14H23NO3Si.C8H9NO3/c1-14(2,3)19(4,5)18-11-10-12-6-8-13(9-7-12)15(16)17;10-6-5-7-1-3-8(4-2-7)9(11)12/h6-9H,10-11H2,1-5H3;1-4,10H,5-6H2. The maximum Gasteiger partial charge on any atom is 0.269 e. The van der Waals surface area contributed by atoms with Crippen LogP contribution < -0.4 is 0 Å². The lowest BCUT2D eigenvalue weighted by Gasteiger charge is -2.36.